The Kier molecular flexibility index (Phi) is 35.6. The molecule has 0 amide bonds. The number of rotatable bonds is 44. The van der Waals surface area contributed by atoms with Gasteiger partial charge in [-0.15, -0.1) is 0 Å². The summed E-state index contributed by atoms with van der Waals surface area (Å²) in [6.45, 7) is 9.68. The van der Waals surface area contributed by atoms with Gasteiger partial charge >= 0.3 is 11.9 Å². The summed E-state index contributed by atoms with van der Waals surface area (Å²) in [5, 5.41) is 0. The van der Waals surface area contributed by atoms with Crippen LogP contribution in [0.25, 0.3) is 0 Å². The predicted octanol–water partition coefficient (Wildman–Crippen LogP) is 12.4. The maximum absolute atomic E-state index is 12.9. The smallest absolute Gasteiger partial charge is 0.306 e. The zero-order chi connectivity index (χ0) is 43.2. The molecule has 0 aliphatic rings. The summed E-state index contributed by atoms with van der Waals surface area (Å²) in [7, 11) is 3.90. The van der Waals surface area contributed by atoms with Gasteiger partial charge in [0.2, 0.25) is 0 Å². The highest BCUT2D eigenvalue weighted by atomic mass is 16.5. The Labute approximate surface area is 362 Å². The number of carbonyl (C=O) groups is 2. The normalized spacial score (nSPS) is 11.6. The lowest BCUT2D eigenvalue weighted by molar-refractivity contribution is -0.150. The van der Waals surface area contributed by atoms with Crippen molar-refractivity contribution in [1.82, 2.24) is 4.90 Å². The van der Waals surface area contributed by atoms with E-state index in [-0.39, 0.29) is 23.8 Å². The highest BCUT2D eigenvalue weighted by Gasteiger charge is 2.27. The minimum absolute atomic E-state index is 0.0428. The van der Waals surface area contributed by atoms with Crippen LogP contribution < -0.4 is 20.5 Å². The molecular formula is C50H92N2O7. The molecule has 344 valence electrons. The van der Waals surface area contributed by atoms with Gasteiger partial charge in [0, 0.05) is 32.5 Å². The van der Waals surface area contributed by atoms with Gasteiger partial charge in [-0.05, 0) is 71.9 Å². The lowest BCUT2D eigenvalue weighted by atomic mass is 10.0. The zero-order valence-corrected chi connectivity index (χ0v) is 39.2. The van der Waals surface area contributed by atoms with Crippen LogP contribution >= 0.6 is 0 Å². The molecule has 0 fully saturated rings. The largest absolute Gasteiger partial charge is 0.486 e. The third-order valence-electron chi connectivity index (χ3n) is 11.6. The Balaban J connectivity index is 2.47. The van der Waals surface area contributed by atoms with Crippen molar-refractivity contribution in [3.05, 3.63) is 20.4 Å². The van der Waals surface area contributed by atoms with Crippen molar-refractivity contribution in [2.45, 2.75) is 239 Å². The molecule has 0 radical (unpaired) electrons. The van der Waals surface area contributed by atoms with E-state index in [0.717, 1.165) is 103 Å². The number of hydrogen-bond donors (Lipinski definition) is 0. The molecule has 1 aromatic rings. The van der Waals surface area contributed by atoms with E-state index in [0.29, 0.717) is 51.4 Å². The number of ether oxygens (including phenoxy) is 3. The number of anilines is 1. The molecule has 1 rings (SSSR count). The summed E-state index contributed by atoms with van der Waals surface area (Å²) in [6.07, 6.45) is 35.9. The zero-order valence-electron chi connectivity index (χ0n) is 39.2. The van der Waals surface area contributed by atoms with E-state index < -0.39 is 10.9 Å². The number of unbranched alkanes of at least 4 members (excludes halogenated alkanes) is 24. The van der Waals surface area contributed by atoms with Gasteiger partial charge < -0.3 is 24.0 Å². The fraction of sp³-hybridized carbons (Fsp3) is 0.880. The molecule has 0 aliphatic heterocycles. The number of esters is 2. The highest BCUT2D eigenvalue weighted by molar-refractivity contribution is 5.69. The van der Waals surface area contributed by atoms with Crippen molar-refractivity contribution >= 4 is 17.6 Å². The summed E-state index contributed by atoms with van der Waals surface area (Å²) in [6, 6.07) is 0. The van der Waals surface area contributed by atoms with Gasteiger partial charge in [0.25, 0.3) is 10.9 Å². The van der Waals surface area contributed by atoms with Gasteiger partial charge in [-0.2, -0.15) is 0 Å². The molecule has 0 bridgehead atoms. The van der Waals surface area contributed by atoms with Crippen molar-refractivity contribution < 1.29 is 23.8 Å². The predicted molar refractivity (Wildman–Crippen MR) is 248 cm³/mol. The van der Waals surface area contributed by atoms with E-state index in [9.17, 15) is 19.2 Å². The molecule has 0 aromatic heterocycles. The monoisotopic (exact) mass is 833 g/mol. The second-order valence-corrected chi connectivity index (χ2v) is 17.6. The van der Waals surface area contributed by atoms with Crippen molar-refractivity contribution in [1.29, 1.82) is 0 Å². The summed E-state index contributed by atoms with van der Waals surface area (Å²) in [4.78, 5) is 54.4. The highest BCUT2D eigenvalue weighted by Crippen LogP contribution is 2.25. The van der Waals surface area contributed by atoms with Gasteiger partial charge in [0.15, 0.2) is 5.75 Å². The SMILES string of the molecule is CCCCCCCCCOC(=O)CCCCCCCN(CCCCCCCC(=O)OC(CCCCCCCC)CCCCCCCC)c1c(OCCN(C)C)c(=O)c1=O. The summed E-state index contributed by atoms with van der Waals surface area (Å²) < 4.78 is 17.3. The van der Waals surface area contributed by atoms with E-state index in [1.165, 1.54) is 96.3 Å². The Hall–Kier alpha value is -2.42. The van der Waals surface area contributed by atoms with E-state index in [4.69, 9.17) is 14.2 Å². The Morgan fingerprint density at radius 1 is 0.475 bits per heavy atom. The van der Waals surface area contributed by atoms with E-state index in [1.54, 1.807) is 0 Å². The van der Waals surface area contributed by atoms with E-state index in [2.05, 4.69) is 25.7 Å². The van der Waals surface area contributed by atoms with Crippen LogP contribution in [-0.2, 0) is 19.1 Å². The first-order valence-corrected chi connectivity index (χ1v) is 25.0. The van der Waals surface area contributed by atoms with Crippen LogP contribution in [0.5, 0.6) is 5.75 Å². The minimum Gasteiger partial charge on any atom is -0.486 e. The lowest BCUT2D eigenvalue weighted by Crippen LogP contribution is -2.43. The second-order valence-electron chi connectivity index (χ2n) is 17.6. The lowest BCUT2D eigenvalue weighted by Gasteiger charge is -2.27. The molecule has 59 heavy (non-hydrogen) atoms. The fourth-order valence-corrected chi connectivity index (χ4v) is 7.78. The van der Waals surface area contributed by atoms with Crippen molar-refractivity contribution in [3.8, 4) is 5.75 Å². The molecule has 9 heteroatoms. The molecule has 0 spiro atoms. The minimum atomic E-state index is -0.518. The van der Waals surface area contributed by atoms with Gasteiger partial charge in [0.05, 0.1) is 6.61 Å². The average Bonchev–Trinajstić information content (AvgIpc) is 3.22. The molecule has 0 unspecified atom stereocenters. The molecular weight excluding hydrogens is 741 g/mol. The topological polar surface area (TPSA) is 102 Å². The average molecular weight is 833 g/mol. The number of nitrogens with zero attached hydrogens (tertiary/aromatic N) is 2. The Morgan fingerprint density at radius 3 is 1.39 bits per heavy atom. The molecule has 0 saturated carbocycles. The molecule has 0 N–H and O–H groups in total. The van der Waals surface area contributed by atoms with Gasteiger partial charge in [0.1, 0.15) is 18.4 Å². The summed E-state index contributed by atoms with van der Waals surface area (Å²) in [5.41, 5.74) is -0.517. The Bertz CT molecular complexity index is 1190. The van der Waals surface area contributed by atoms with Crippen LogP contribution in [0.1, 0.15) is 233 Å². The quantitative estimate of drug-likeness (QED) is 0.0361. The second kappa shape index (κ2) is 38.5. The number of hydrogen-bond acceptors (Lipinski definition) is 9. The molecule has 0 heterocycles. The first-order valence-electron chi connectivity index (χ1n) is 25.0. The van der Waals surface area contributed by atoms with Gasteiger partial charge in [-0.1, -0.05) is 162 Å². The first-order chi connectivity index (χ1) is 28.7. The number of likely N-dealkylation sites (N-methyl/N-ethyl adjacent to an activating group) is 1. The first kappa shape index (κ1) is 54.6. The van der Waals surface area contributed by atoms with Crippen LogP contribution in [0.15, 0.2) is 9.59 Å². The van der Waals surface area contributed by atoms with Crippen molar-refractivity contribution in [2.75, 3.05) is 51.8 Å². The van der Waals surface area contributed by atoms with Gasteiger partial charge in [-0.3, -0.25) is 19.2 Å². The number of carbonyl (C=O) groups excluding carboxylic acids is 2. The molecule has 1 aromatic carbocycles. The van der Waals surface area contributed by atoms with Crippen LogP contribution in [-0.4, -0.2) is 69.9 Å². The van der Waals surface area contributed by atoms with Crippen LogP contribution in [0.3, 0.4) is 0 Å². The standard InChI is InChI=1S/C50H92N2O7/c1-6-9-12-15-18-27-34-42-57-45(53)37-30-23-19-25-32-39-52(47-48(55)49(56)50(47)58-43-41-51(4)5)40-33-26-20-24-31-38-46(54)59-44(35-28-21-16-13-10-7-2)36-29-22-17-14-11-8-3/h44H,6-43H2,1-5H3. The third kappa shape index (κ3) is 29.5. The fourth-order valence-electron chi connectivity index (χ4n) is 7.78. The summed E-state index contributed by atoms with van der Waals surface area (Å²) >= 11 is 0. The summed E-state index contributed by atoms with van der Waals surface area (Å²) in [5.74, 6) is 0.0886. The van der Waals surface area contributed by atoms with Crippen molar-refractivity contribution in [3.63, 3.8) is 0 Å². The van der Waals surface area contributed by atoms with Crippen LogP contribution in [0, 0.1) is 0 Å². The van der Waals surface area contributed by atoms with E-state index in [1.807, 2.05) is 19.0 Å². The molecule has 9 nitrogen and oxygen atoms in total. The molecule has 0 aliphatic carbocycles. The maximum atomic E-state index is 12.9. The van der Waals surface area contributed by atoms with Gasteiger partial charge in [-0.25, -0.2) is 0 Å². The molecule has 0 atom stereocenters. The Morgan fingerprint density at radius 2 is 0.898 bits per heavy atom. The van der Waals surface area contributed by atoms with Crippen LogP contribution in [0.4, 0.5) is 5.69 Å². The van der Waals surface area contributed by atoms with Crippen LogP contribution in [0.2, 0.25) is 0 Å². The maximum Gasteiger partial charge on any atom is 0.306 e. The van der Waals surface area contributed by atoms with E-state index >= 15 is 0 Å². The van der Waals surface area contributed by atoms with Crippen molar-refractivity contribution in [2.24, 2.45) is 0 Å². The third-order valence-corrected chi connectivity index (χ3v) is 11.6. The molecule has 0 saturated heterocycles.